The van der Waals surface area contributed by atoms with Crippen molar-refractivity contribution in [3.63, 3.8) is 0 Å². The van der Waals surface area contributed by atoms with Crippen LogP contribution in [0.5, 0.6) is 0 Å². The van der Waals surface area contributed by atoms with Gasteiger partial charge in [0.15, 0.2) is 0 Å². The number of hydrogen-bond donors (Lipinski definition) is 1. The van der Waals surface area contributed by atoms with Crippen molar-refractivity contribution in [2.24, 2.45) is 0 Å². The molecule has 0 unspecified atom stereocenters. The lowest BCUT2D eigenvalue weighted by atomic mass is 10.2. The molecular weight excluding hydrogens is 247 g/mol. The summed E-state index contributed by atoms with van der Waals surface area (Å²) in [4.78, 5) is 21.4. The fourth-order valence-corrected chi connectivity index (χ4v) is 1.59. The Bertz CT molecular complexity index is 603. The lowest BCUT2D eigenvalue weighted by molar-refractivity contribution is 0.0987. The van der Waals surface area contributed by atoms with Crippen molar-refractivity contribution in [1.82, 2.24) is 9.97 Å². The summed E-state index contributed by atoms with van der Waals surface area (Å²) < 4.78 is 13.6. The molecule has 1 N–H and O–H groups in total. The van der Waals surface area contributed by atoms with Crippen LogP contribution in [0, 0.1) is 5.82 Å². The second-order valence-electron chi connectivity index (χ2n) is 3.86. The van der Waals surface area contributed by atoms with E-state index in [0.29, 0.717) is 5.82 Å². The standard InChI is InChI=1S/C13H13FN4O/c1-15-12-8-16-7-10(17-12)13(19)18(2)11-6-4-3-5-9(11)14/h3-8H,1-2H3,(H,15,17). The van der Waals surface area contributed by atoms with E-state index in [1.54, 1.807) is 19.2 Å². The molecule has 98 valence electrons. The maximum absolute atomic E-state index is 13.6. The van der Waals surface area contributed by atoms with Gasteiger partial charge in [-0.15, -0.1) is 0 Å². The highest BCUT2D eigenvalue weighted by Crippen LogP contribution is 2.18. The third-order valence-corrected chi connectivity index (χ3v) is 2.63. The third kappa shape index (κ3) is 2.67. The van der Waals surface area contributed by atoms with Crippen LogP contribution in [0.4, 0.5) is 15.9 Å². The van der Waals surface area contributed by atoms with Crippen LogP contribution in [0.15, 0.2) is 36.7 Å². The Morgan fingerprint density at radius 2 is 2.05 bits per heavy atom. The molecule has 1 heterocycles. The molecule has 0 radical (unpaired) electrons. The minimum atomic E-state index is -0.462. The number of hydrogen-bond acceptors (Lipinski definition) is 4. The quantitative estimate of drug-likeness (QED) is 0.916. The highest BCUT2D eigenvalue weighted by atomic mass is 19.1. The van der Waals surface area contributed by atoms with Gasteiger partial charge >= 0.3 is 0 Å². The van der Waals surface area contributed by atoms with Crippen molar-refractivity contribution >= 4 is 17.4 Å². The maximum atomic E-state index is 13.6. The minimum absolute atomic E-state index is 0.151. The Balaban J connectivity index is 2.31. The van der Waals surface area contributed by atoms with Crippen molar-refractivity contribution in [1.29, 1.82) is 0 Å². The summed E-state index contributed by atoms with van der Waals surface area (Å²) in [6, 6.07) is 6.06. The number of para-hydroxylation sites is 1. The Morgan fingerprint density at radius 3 is 2.74 bits per heavy atom. The molecule has 0 atom stereocenters. The van der Waals surface area contributed by atoms with Gasteiger partial charge in [-0.25, -0.2) is 9.37 Å². The van der Waals surface area contributed by atoms with Crippen LogP contribution in [0.1, 0.15) is 10.5 Å². The normalized spacial score (nSPS) is 10.1. The number of amides is 1. The molecule has 19 heavy (non-hydrogen) atoms. The molecule has 0 saturated carbocycles. The van der Waals surface area contributed by atoms with Crippen LogP contribution in [-0.4, -0.2) is 30.0 Å². The molecular formula is C13H13FN4O. The highest BCUT2D eigenvalue weighted by molar-refractivity contribution is 6.04. The van der Waals surface area contributed by atoms with Gasteiger partial charge in [0.1, 0.15) is 17.3 Å². The van der Waals surface area contributed by atoms with E-state index in [-0.39, 0.29) is 11.4 Å². The van der Waals surface area contributed by atoms with E-state index in [9.17, 15) is 9.18 Å². The molecule has 0 aliphatic heterocycles. The number of carbonyl (C=O) groups excluding carboxylic acids is 1. The molecule has 0 bridgehead atoms. The minimum Gasteiger partial charge on any atom is -0.372 e. The predicted molar refractivity (Wildman–Crippen MR) is 70.7 cm³/mol. The lowest BCUT2D eigenvalue weighted by Crippen LogP contribution is -2.28. The van der Waals surface area contributed by atoms with E-state index in [4.69, 9.17) is 0 Å². The van der Waals surface area contributed by atoms with Crippen LogP contribution in [-0.2, 0) is 0 Å². The van der Waals surface area contributed by atoms with Crippen LogP contribution in [0.3, 0.4) is 0 Å². The van der Waals surface area contributed by atoms with Gasteiger partial charge in [-0.05, 0) is 12.1 Å². The first kappa shape index (κ1) is 12.9. The Morgan fingerprint density at radius 1 is 1.32 bits per heavy atom. The molecule has 5 nitrogen and oxygen atoms in total. The van der Waals surface area contributed by atoms with Gasteiger partial charge in [-0.3, -0.25) is 9.78 Å². The largest absolute Gasteiger partial charge is 0.372 e. The summed E-state index contributed by atoms with van der Waals surface area (Å²) >= 11 is 0. The number of aromatic nitrogens is 2. The average Bonchev–Trinajstić information content (AvgIpc) is 2.46. The zero-order valence-corrected chi connectivity index (χ0v) is 10.6. The number of rotatable bonds is 3. The van der Waals surface area contributed by atoms with E-state index in [1.807, 2.05) is 0 Å². The first-order valence-corrected chi connectivity index (χ1v) is 5.66. The number of carbonyl (C=O) groups is 1. The van der Waals surface area contributed by atoms with Crippen LogP contribution >= 0.6 is 0 Å². The van der Waals surface area contributed by atoms with Crippen molar-refractivity contribution in [2.45, 2.75) is 0 Å². The Hall–Kier alpha value is -2.50. The molecule has 6 heteroatoms. The van der Waals surface area contributed by atoms with Gasteiger partial charge in [0.05, 0.1) is 18.1 Å². The number of nitrogens with one attached hydrogen (secondary N) is 1. The SMILES string of the molecule is CNc1cncc(C(=O)N(C)c2ccccc2F)n1. The summed E-state index contributed by atoms with van der Waals surface area (Å²) in [7, 11) is 3.17. The molecule has 1 aromatic carbocycles. The molecule has 0 fully saturated rings. The summed E-state index contributed by atoms with van der Waals surface area (Å²) in [5, 5.41) is 2.79. The van der Waals surface area contributed by atoms with E-state index in [0.717, 1.165) is 0 Å². The summed E-state index contributed by atoms with van der Waals surface area (Å²) in [6.07, 6.45) is 2.85. The average molecular weight is 260 g/mol. The van der Waals surface area contributed by atoms with Crippen molar-refractivity contribution in [3.8, 4) is 0 Å². The van der Waals surface area contributed by atoms with E-state index in [2.05, 4.69) is 15.3 Å². The maximum Gasteiger partial charge on any atom is 0.278 e. The summed E-state index contributed by atoms with van der Waals surface area (Å²) in [5.41, 5.74) is 0.349. The number of anilines is 2. The van der Waals surface area contributed by atoms with Gasteiger partial charge < -0.3 is 10.2 Å². The summed E-state index contributed by atoms with van der Waals surface area (Å²) in [5.74, 6) is -0.404. The monoisotopic (exact) mass is 260 g/mol. The van der Waals surface area contributed by atoms with Crippen molar-refractivity contribution in [2.75, 3.05) is 24.3 Å². The molecule has 2 rings (SSSR count). The van der Waals surface area contributed by atoms with E-state index in [1.165, 1.54) is 36.5 Å². The zero-order chi connectivity index (χ0) is 13.8. The lowest BCUT2D eigenvalue weighted by Gasteiger charge is -2.17. The second kappa shape index (κ2) is 5.43. The fraction of sp³-hybridized carbons (Fsp3) is 0.154. The van der Waals surface area contributed by atoms with E-state index < -0.39 is 11.7 Å². The molecule has 1 amide bonds. The number of benzene rings is 1. The van der Waals surface area contributed by atoms with Gasteiger partial charge in [0, 0.05) is 14.1 Å². The fourth-order valence-electron chi connectivity index (χ4n) is 1.59. The van der Waals surface area contributed by atoms with Crippen molar-refractivity contribution < 1.29 is 9.18 Å². The molecule has 0 saturated heterocycles. The Labute approximate surface area is 110 Å². The van der Waals surface area contributed by atoms with Crippen molar-refractivity contribution in [3.05, 3.63) is 48.2 Å². The smallest absolute Gasteiger partial charge is 0.278 e. The predicted octanol–water partition coefficient (Wildman–Crippen LogP) is 1.93. The van der Waals surface area contributed by atoms with E-state index >= 15 is 0 Å². The van der Waals surface area contributed by atoms with Gasteiger partial charge in [-0.1, -0.05) is 12.1 Å². The Kier molecular flexibility index (Phi) is 3.70. The molecule has 2 aromatic rings. The topological polar surface area (TPSA) is 58.1 Å². The number of nitrogens with zero attached hydrogens (tertiary/aromatic N) is 3. The number of halogens is 1. The summed E-state index contributed by atoms with van der Waals surface area (Å²) in [6.45, 7) is 0. The van der Waals surface area contributed by atoms with Gasteiger partial charge in [-0.2, -0.15) is 0 Å². The van der Waals surface area contributed by atoms with Crippen LogP contribution in [0.2, 0.25) is 0 Å². The second-order valence-corrected chi connectivity index (χ2v) is 3.86. The molecule has 0 spiro atoms. The van der Waals surface area contributed by atoms with Crippen LogP contribution < -0.4 is 10.2 Å². The van der Waals surface area contributed by atoms with Gasteiger partial charge in [0.2, 0.25) is 0 Å². The van der Waals surface area contributed by atoms with Crippen LogP contribution in [0.25, 0.3) is 0 Å². The molecule has 1 aromatic heterocycles. The molecule has 0 aliphatic rings. The first-order valence-electron chi connectivity index (χ1n) is 5.66. The van der Waals surface area contributed by atoms with Gasteiger partial charge in [0.25, 0.3) is 5.91 Å². The third-order valence-electron chi connectivity index (χ3n) is 2.63. The first-order chi connectivity index (χ1) is 9.13. The zero-order valence-electron chi connectivity index (χ0n) is 10.6. The highest BCUT2D eigenvalue weighted by Gasteiger charge is 2.18. The molecule has 0 aliphatic carbocycles.